The largest absolute Gasteiger partial charge is 0.494 e. The predicted molar refractivity (Wildman–Crippen MR) is 201 cm³/mol. The smallest absolute Gasteiger partial charge is 0.275 e. The molecule has 6 aromatic rings. The lowest BCUT2D eigenvalue weighted by molar-refractivity contribution is 0.0956. The van der Waals surface area contributed by atoms with Crippen LogP contribution in [0, 0.1) is 27.7 Å². The van der Waals surface area contributed by atoms with Crippen molar-refractivity contribution < 1.29 is 14.3 Å². The van der Waals surface area contributed by atoms with Crippen LogP contribution in [0.1, 0.15) is 68.3 Å². The highest BCUT2D eigenvalue weighted by molar-refractivity contribution is 6.35. The highest BCUT2D eigenvalue weighted by Crippen LogP contribution is 2.45. The molecule has 258 valence electrons. The van der Waals surface area contributed by atoms with Gasteiger partial charge in [-0.25, -0.2) is 0 Å². The average molecular weight is 712 g/mol. The summed E-state index contributed by atoms with van der Waals surface area (Å²) in [6.45, 7) is 11.0. The fraction of sp³-hybridized carbons (Fsp3) is 0.308. The van der Waals surface area contributed by atoms with Crippen LogP contribution in [0.15, 0.2) is 48.7 Å². The number of rotatable bonds is 8. The van der Waals surface area contributed by atoms with E-state index in [0.717, 1.165) is 77.5 Å². The van der Waals surface area contributed by atoms with Crippen LogP contribution in [-0.4, -0.2) is 43.9 Å². The van der Waals surface area contributed by atoms with E-state index < -0.39 is 5.91 Å². The standard InChI is InChI=1S/C39H40Cl2N6O3/c1-20-15-26(16-21(2)35(20)41)50-14-8-9-27-28-11-12-30(40)34(33-23(4)43-45(7)24(33)5)36(28)47-22(3)18-46(39(49)37(27)47)32-19-44(6)31-13-10-25(38(42)48)17-29(31)32/h10-13,15-17,19,22H,8-9,14,18H2,1-7H3,(H2,42,48)/t22-/m1/s1. The SMILES string of the molecule is Cc1cc(OCCCc2c3n(c4c(-c5c(C)nn(C)c5C)c(Cl)ccc24)[C@H](C)CN(c2cn(C)c4ccc(C(N)=O)cc24)C3=O)cc(C)c1Cl. The van der Waals surface area contributed by atoms with Crippen LogP contribution >= 0.6 is 23.2 Å². The lowest BCUT2D eigenvalue weighted by Gasteiger charge is -2.34. The van der Waals surface area contributed by atoms with Gasteiger partial charge in [-0.1, -0.05) is 29.3 Å². The number of amides is 2. The molecule has 1 atom stereocenters. The van der Waals surface area contributed by atoms with Crippen LogP contribution in [0.4, 0.5) is 5.69 Å². The number of carbonyl (C=O) groups excluding carboxylic acids is 2. The zero-order valence-electron chi connectivity index (χ0n) is 29.3. The lowest BCUT2D eigenvalue weighted by Crippen LogP contribution is -2.42. The molecule has 0 aliphatic carbocycles. The molecule has 1 aliphatic heterocycles. The predicted octanol–water partition coefficient (Wildman–Crippen LogP) is 8.41. The monoisotopic (exact) mass is 710 g/mol. The average Bonchev–Trinajstić information content (AvgIpc) is 3.67. The number of nitrogens with two attached hydrogens (primary N) is 1. The molecule has 9 nitrogen and oxygen atoms in total. The van der Waals surface area contributed by atoms with Crippen LogP contribution in [-0.2, 0) is 20.5 Å². The van der Waals surface area contributed by atoms with Crippen molar-refractivity contribution in [1.29, 1.82) is 0 Å². The van der Waals surface area contributed by atoms with Crippen molar-refractivity contribution >= 4 is 62.5 Å². The third-order valence-corrected chi connectivity index (χ3v) is 11.0. The third kappa shape index (κ3) is 5.34. The third-order valence-electron chi connectivity index (χ3n) is 10.1. The number of halogens is 2. The molecule has 0 spiro atoms. The van der Waals surface area contributed by atoms with Gasteiger partial charge >= 0.3 is 0 Å². The molecule has 0 fully saturated rings. The summed E-state index contributed by atoms with van der Waals surface area (Å²) in [6, 6.07) is 13.1. The maximum atomic E-state index is 15.0. The second kappa shape index (κ2) is 12.5. The Morgan fingerprint density at radius 2 is 1.72 bits per heavy atom. The highest BCUT2D eigenvalue weighted by Gasteiger charge is 2.37. The van der Waals surface area contributed by atoms with E-state index in [0.29, 0.717) is 42.3 Å². The number of benzene rings is 3. The van der Waals surface area contributed by atoms with Gasteiger partial charge in [0.25, 0.3) is 5.91 Å². The molecule has 0 unspecified atom stereocenters. The Morgan fingerprint density at radius 3 is 2.38 bits per heavy atom. The molecule has 0 saturated heterocycles. The van der Waals surface area contributed by atoms with Gasteiger partial charge in [0.2, 0.25) is 5.91 Å². The quantitative estimate of drug-likeness (QED) is 0.160. The second-order valence-corrected chi connectivity index (χ2v) is 14.3. The molecule has 0 saturated carbocycles. The zero-order chi connectivity index (χ0) is 35.8. The Balaban J connectivity index is 1.38. The lowest BCUT2D eigenvalue weighted by atomic mass is 9.98. The molecule has 50 heavy (non-hydrogen) atoms. The summed E-state index contributed by atoms with van der Waals surface area (Å²) in [5.41, 5.74) is 15.9. The van der Waals surface area contributed by atoms with E-state index in [1.54, 1.807) is 12.1 Å². The van der Waals surface area contributed by atoms with Gasteiger partial charge in [0.15, 0.2) is 0 Å². The number of fused-ring (bicyclic) bond motifs is 4. The van der Waals surface area contributed by atoms with E-state index in [1.807, 2.05) is 92.5 Å². The normalized spacial score (nSPS) is 14.6. The van der Waals surface area contributed by atoms with E-state index in [-0.39, 0.29) is 11.9 Å². The van der Waals surface area contributed by atoms with Crippen molar-refractivity contribution in [2.45, 2.75) is 53.5 Å². The molecule has 11 heteroatoms. The number of anilines is 1. The van der Waals surface area contributed by atoms with Gasteiger partial charge in [0, 0.05) is 76.6 Å². The number of carbonyl (C=O) groups is 2. The van der Waals surface area contributed by atoms with Gasteiger partial charge in [-0.2, -0.15) is 5.10 Å². The van der Waals surface area contributed by atoms with Crippen LogP contribution in [0.5, 0.6) is 5.75 Å². The number of nitrogens with zero attached hydrogens (tertiary/aromatic N) is 5. The van der Waals surface area contributed by atoms with Crippen molar-refractivity contribution in [3.8, 4) is 16.9 Å². The van der Waals surface area contributed by atoms with Crippen LogP contribution in [0.25, 0.3) is 32.9 Å². The van der Waals surface area contributed by atoms with Crippen molar-refractivity contribution in [1.82, 2.24) is 18.9 Å². The molecule has 1 aliphatic rings. The Morgan fingerprint density at radius 1 is 1.00 bits per heavy atom. The number of hydrogen-bond donors (Lipinski definition) is 1. The first-order valence-corrected chi connectivity index (χ1v) is 17.5. The molecule has 7 rings (SSSR count). The maximum absolute atomic E-state index is 15.0. The van der Waals surface area contributed by atoms with Gasteiger partial charge in [-0.05, 0) is 101 Å². The van der Waals surface area contributed by atoms with Gasteiger partial charge in [-0.15, -0.1) is 0 Å². The number of ether oxygens (including phenoxy) is 1. The molecular formula is C39H40Cl2N6O3. The van der Waals surface area contributed by atoms with E-state index in [9.17, 15) is 9.59 Å². The first-order valence-electron chi connectivity index (χ1n) is 16.7. The first kappa shape index (κ1) is 33.8. The molecule has 2 amide bonds. The Labute approximate surface area is 301 Å². The van der Waals surface area contributed by atoms with Crippen LogP contribution in [0.3, 0.4) is 0 Å². The number of aryl methyl sites for hydroxylation is 6. The Hall–Kier alpha value is -4.73. The summed E-state index contributed by atoms with van der Waals surface area (Å²) in [5, 5.41) is 7.84. The zero-order valence-corrected chi connectivity index (χ0v) is 30.8. The highest BCUT2D eigenvalue weighted by atomic mass is 35.5. The molecule has 3 aromatic heterocycles. The molecule has 3 aromatic carbocycles. The molecule has 0 radical (unpaired) electrons. The van der Waals surface area contributed by atoms with E-state index in [2.05, 4.69) is 11.5 Å². The number of hydrogen-bond acceptors (Lipinski definition) is 4. The summed E-state index contributed by atoms with van der Waals surface area (Å²) in [7, 11) is 3.87. The maximum Gasteiger partial charge on any atom is 0.275 e. The van der Waals surface area contributed by atoms with Crippen molar-refractivity contribution in [3.05, 3.63) is 98.0 Å². The summed E-state index contributed by atoms with van der Waals surface area (Å²) in [6.07, 6.45) is 3.23. The van der Waals surface area contributed by atoms with Crippen molar-refractivity contribution in [3.63, 3.8) is 0 Å². The summed E-state index contributed by atoms with van der Waals surface area (Å²) in [4.78, 5) is 29.0. The number of primary amides is 1. The first-order chi connectivity index (χ1) is 23.8. The van der Waals surface area contributed by atoms with Crippen LogP contribution < -0.4 is 15.4 Å². The van der Waals surface area contributed by atoms with Gasteiger partial charge in [0.1, 0.15) is 11.4 Å². The fourth-order valence-corrected chi connectivity index (χ4v) is 8.03. The topological polar surface area (TPSA) is 100 Å². The van der Waals surface area contributed by atoms with Crippen molar-refractivity contribution in [2.75, 3.05) is 18.1 Å². The van der Waals surface area contributed by atoms with E-state index in [4.69, 9.17) is 38.8 Å². The van der Waals surface area contributed by atoms with Gasteiger partial charge < -0.3 is 24.5 Å². The second-order valence-electron chi connectivity index (χ2n) is 13.5. The van der Waals surface area contributed by atoms with E-state index in [1.165, 1.54) is 0 Å². The Bertz CT molecular complexity index is 2360. The number of aromatic nitrogens is 4. The van der Waals surface area contributed by atoms with Gasteiger partial charge in [0.05, 0.1) is 28.5 Å². The molecule has 2 N–H and O–H groups in total. The summed E-state index contributed by atoms with van der Waals surface area (Å²) < 4.78 is 12.2. The molecule has 4 heterocycles. The van der Waals surface area contributed by atoms with E-state index >= 15 is 0 Å². The summed E-state index contributed by atoms with van der Waals surface area (Å²) in [5.74, 6) is 0.142. The summed E-state index contributed by atoms with van der Waals surface area (Å²) >= 11 is 13.5. The minimum atomic E-state index is -0.515. The fourth-order valence-electron chi connectivity index (χ4n) is 7.68. The molecule has 0 bridgehead atoms. The van der Waals surface area contributed by atoms with Crippen LogP contribution in [0.2, 0.25) is 10.0 Å². The van der Waals surface area contributed by atoms with Gasteiger partial charge in [-0.3, -0.25) is 14.3 Å². The van der Waals surface area contributed by atoms with Crippen molar-refractivity contribution in [2.24, 2.45) is 19.8 Å². The molecular weight excluding hydrogens is 671 g/mol. The Kier molecular flexibility index (Phi) is 8.47. The minimum Gasteiger partial charge on any atom is -0.494 e. The minimum absolute atomic E-state index is 0.112.